The van der Waals surface area contributed by atoms with Gasteiger partial charge in [-0.25, -0.2) is 0 Å². The van der Waals surface area contributed by atoms with Crippen molar-refractivity contribution in [3.8, 4) is 16.8 Å². The lowest BCUT2D eigenvalue weighted by Crippen LogP contribution is -2.93. The average molecular weight is 925 g/mol. The van der Waals surface area contributed by atoms with E-state index in [4.69, 9.17) is 0 Å². The van der Waals surface area contributed by atoms with Crippen LogP contribution in [0.2, 0.25) is 0 Å². The first-order valence-corrected chi connectivity index (χ1v) is 28.3. The van der Waals surface area contributed by atoms with Gasteiger partial charge in [-0.2, -0.15) is 0 Å². The highest BCUT2D eigenvalue weighted by Crippen LogP contribution is 2.40. The predicted molar refractivity (Wildman–Crippen MR) is 302 cm³/mol. The Balaban J connectivity index is 1.04. The van der Waals surface area contributed by atoms with Crippen molar-refractivity contribution in [2.75, 3.05) is 4.90 Å². The third kappa shape index (κ3) is 6.45. The summed E-state index contributed by atoms with van der Waals surface area (Å²) in [6.45, 7) is 0. The van der Waals surface area contributed by atoms with Gasteiger partial charge in [0.05, 0.1) is 11.0 Å². The van der Waals surface area contributed by atoms with Crippen LogP contribution in [0.4, 0.5) is 17.1 Å². The summed E-state index contributed by atoms with van der Waals surface area (Å²) in [5, 5.41) is 13.9. The average Bonchev–Trinajstić information content (AvgIpc) is 3.77. The smallest absolute Gasteiger partial charge is 0.179 e. The summed E-state index contributed by atoms with van der Waals surface area (Å²) < 4.78 is 2.48. The van der Waals surface area contributed by atoms with Gasteiger partial charge in [0.15, 0.2) is 16.1 Å². The predicted octanol–water partition coefficient (Wildman–Crippen LogP) is 11.0. The molecule has 0 amide bonds. The molecule has 0 unspecified atom stereocenters. The van der Waals surface area contributed by atoms with Gasteiger partial charge in [-0.3, -0.25) is 0 Å². The van der Waals surface area contributed by atoms with E-state index < -0.39 is 16.1 Å². The van der Waals surface area contributed by atoms with E-state index in [9.17, 15) is 0 Å². The summed E-state index contributed by atoms with van der Waals surface area (Å²) >= 11 is 0. The van der Waals surface area contributed by atoms with E-state index in [2.05, 4.69) is 301 Å². The molecule has 1 aliphatic heterocycles. The molecule has 0 fully saturated rings. The fourth-order valence-corrected chi connectivity index (χ4v) is 24.0. The molecular formula is C66H48N2Si2. The van der Waals surface area contributed by atoms with Crippen molar-refractivity contribution < 1.29 is 0 Å². The Morgan fingerprint density at radius 2 is 0.614 bits per heavy atom. The highest BCUT2D eigenvalue weighted by Gasteiger charge is 2.56. The van der Waals surface area contributed by atoms with Crippen LogP contribution in [0.25, 0.3) is 38.6 Å². The van der Waals surface area contributed by atoms with Gasteiger partial charge in [0.2, 0.25) is 0 Å². The molecule has 0 bridgehead atoms. The molecule has 0 saturated heterocycles. The van der Waals surface area contributed by atoms with Crippen LogP contribution in [0, 0.1) is 0 Å². The maximum Gasteiger partial charge on any atom is 0.179 e. The van der Waals surface area contributed by atoms with E-state index in [1.54, 1.807) is 0 Å². The van der Waals surface area contributed by atoms with Crippen molar-refractivity contribution in [3.05, 3.63) is 291 Å². The molecule has 0 atom stereocenters. The number of benzene rings is 11. The second-order valence-electron chi connectivity index (χ2n) is 18.4. The summed E-state index contributed by atoms with van der Waals surface area (Å²) in [5.41, 5.74) is 9.24. The molecule has 1 aromatic heterocycles. The Hall–Kier alpha value is -8.55. The van der Waals surface area contributed by atoms with Gasteiger partial charge in [0, 0.05) is 33.5 Å². The zero-order valence-electron chi connectivity index (χ0n) is 38.6. The van der Waals surface area contributed by atoms with Crippen molar-refractivity contribution >= 4 is 96.5 Å². The molecular weight excluding hydrogens is 877 g/mol. The van der Waals surface area contributed by atoms with E-state index in [0.717, 1.165) is 22.7 Å². The topological polar surface area (TPSA) is 8.17 Å². The summed E-state index contributed by atoms with van der Waals surface area (Å²) in [6, 6.07) is 109. The van der Waals surface area contributed by atoms with Gasteiger partial charge in [0.1, 0.15) is 0 Å². The van der Waals surface area contributed by atoms with Crippen molar-refractivity contribution in [2.45, 2.75) is 0 Å². The number of hydrogen-bond donors (Lipinski definition) is 0. The van der Waals surface area contributed by atoms with Crippen LogP contribution in [0.3, 0.4) is 0 Å². The van der Waals surface area contributed by atoms with Gasteiger partial charge in [0.25, 0.3) is 0 Å². The van der Waals surface area contributed by atoms with Crippen LogP contribution in [0.1, 0.15) is 0 Å². The monoisotopic (exact) mass is 924 g/mol. The first kappa shape index (κ1) is 41.6. The summed E-state index contributed by atoms with van der Waals surface area (Å²) in [7, 11) is -5.76. The number of aromatic nitrogens is 1. The molecule has 2 heterocycles. The third-order valence-corrected chi connectivity index (χ3v) is 25.1. The number of hydrogen-bond acceptors (Lipinski definition) is 1. The van der Waals surface area contributed by atoms with Gasteiger partial charge in [-0.1, -0.05) is 224 Å². The van der Waals surface area contributed by atoms with Crippen LogP contribution in [-0.2, 0) is 0 Å². The largest absolute Gasteiger partial charge is 0.310 e. The minimum absolute atomic E-state index is 1.11. The van der Waals surface area contributed by atoms with Gasteiger partial charge in [-0.15, -0.1) is 0 Å². The number of anilines is 3. The van der Waals surface area contributed by atoms with Crippen LogP contribution < -0.4 is 46.4 Å². The van der Waals surface area contributed by atoms with E-state index in [1.165, 1.54) is 74.4 Å². The molecule has 330 valence electrons. The first-order valence-electron chi connectivity index (χ1n) is 24.3. The Morgan fingerprint density at radius 3 is 1.06 bits per heavy atom. The fraction of sp³-hybridized carbons (Fsp3) is 0. The zero-order chi connectivity index (χ0) is 46.5. The van der Waals surface area contributed by atoms with E-state index in [-0.39, 0.29) is 0 Å². The third-order valence-electron chi connectivity index (χ3n) is 14.8. The lowest BCUT2D eigenvalue weighted by Gasteiger charge is -2.48. The highest BCUT2D eigenvalue weighted by molar-refractivity contribution is 7.32. The summed E-state index contributed by atoms with van der Waals surface area (Å²) in [6.07, 6.45) is 0. The van der Waals surface area contributed by atoms with Crippen LogP contribution >= 0.6 is 0 Å². The number of nitrogens with zero attached hydrogens (tertiary/aromatic N) is 2. The van der Waals surface area contributed by atoms with Gasteiger partial charge >= 0.3 is 0 Å². The molecule has 13 rings (SSSR count). The molecule has 4 heteroatoms. The first-order chi connectivity index (χ1) is 34.7. The standard InChI is InChI=1S/C66H48N2Si2/c1-7-23-49(24-8-1)50-39-45-61-59(47-50)60-48-54(67(51-25-9-2-10-26-51)52-27-11-3-12-28-52)42-46-62(60)68(61)53-40-43-58(44-41-53)70(57-33-17-6-18-34-57)65-37-21-19-35-63(65)69(55-29-13-4-14-30-55,56-31-15-5-16-32-56)64-36-20-22-38-66(64)70/h1-48H. The van der Waals surface area contributed by atoms with E-state index >= 15 is 0 Å². The van der Waals surface area contributed by atoms with Crippen LogP contribution in [0.15, 0.2) is 291 Å². The lowest BCUT2D eigenvalue weighted by molar-refractivity contribution is 1.18. The maximum absolute atomic E-state index is 2.96. The molecule has 11 aromatic carbocycles. The van der Waals surface area contributed by atoms with Crippen molar-refractivity contribution in [3.63, 3.8) is 0 Å². The molecule has 12 aromatic rings. The summed E-state index contributed by atoms with van der Waals surface area (Å²) in [4.78, 5) is 2.36. The van der Waals surface area contributed by atoms with Crippen molar-refractivity contribution in [1.29, 1.82) is 0 Å². The second kappa shape index (κ2) is 17.2. The Morgan fingerprint density at radius 1 is 0.257 bits per heavy atom. The van der Waals surface area contributed by atoms with E-state index in [1.807, 2.05) is 0 Å². The second-order valence-corrected chi connectivity index (χ2v) is 25.8. The molecule has 1 aliphatic rings. The molecule has 2 nitrogen and oxygen atoms in total. The molecule has 70 heavy (non-hydrogen) atoms. The SMILES string of the molecule is c1ccc(-c2ccc3c(c2)c2cc(N(c4ccccc4)c4ccccc4)ccc2n3-c2ccc([Si]3(c4ccccc4)c4ccccc4[Si](c4ccccc4)(c4ccccc4)c4ccccc43)cc2)cc1. The lowest BCUT2D eigenvalue weighted by atomic mass is 10.0. The summed E-state index contributed by atoms with van der Waals surface area (Å²) in [5.74, 6) is 0. The van der Waals surface area contributed by atoms with Crippen LogP contribution in [-0.4, -0.2) is 20.7 Å². The maximum atomic E-state index is 2.48. The molecule has 0 N–H and O–H groups in total. The molecule has 0 spiro atoms. The highest BCUT2D eigenvalue weighted by atomic mass is 28.3. The molecule has 0 radical (unpaired) electrons. The van der Waals surface area contributed by atoms with Crippen molar-refractivity contribution in [1.82, 2.24) is 4.57 Å². The molecule has 0 saturated carbocycles. The normalized spacial score (nSPS) is 13.4. The molecule has 0 aliphatic carbocycles. The number of fused-ring (bicyclic) bond motifs is 5. The Kier molecular flexibility index (Phi) is 10.2. The van der Waals surface area contributed by atoms with Gasteiger partial charge in [-0.05, 0) is 119 Å². The van der Waals surface area contributed by atoms with E-state index in [0.29, 0.717) is 0 Å². The minimum Gasteiger partial charge on any atom is -0.310 e. The van der Waals surface area contributed by atoms with Crippen LogP contribution in [0.5, 0.6) is 0 Å². The Bertz CT molecular complexity index is 3670. The fourth-order valence-electron chi connectivity index (χ4n) is 11.9. The zero-order valence-corrected chi connectivity index (χ0v) is 40.6. The quantitative estimate of drug-likeness (QED) is 0.131. The number of rotatable bonds is 9. The Labute approximate surface area is 411 Å². The van der Waals surface area contributed by atoms with Crippen molar-refractivity contribution in [2.24, 2.45) is 0 Å². The minimum atomic E-state index is -2.96. The number of para-hydroxylation sites is 2. The van der Waals surface area contributed by atoms with Gasteiger partial charge < -0.3 is 9.47 Å².